The van der Waals surface area contributed by atoms with Crippen LogP contribution in [0.2, 0.25) is 0 Å². The Kier molecular flexibility index (Phi) is 4.14. The van der Waals surface area contributed by atoms with E-state index < -0.39 is 10.2 Å². The van der Waals surface area contributed by atoms with E-state index in [4.69, 9.17) is 0 Å². The fourth-order valence-corrected chi connectivity index (χ4v) is 2.54. The summed E-state index contributed by atoms with van der Waals surface area (Å²) in [7, 11) is -3.41. The van der Waals surface area contributed by atoms with Crippen LogP contribution in [0.1, 0.15) is 6.92 Å². The van der Waals surface area contributed by atoms with Crippen molar-refractivity contribution in [3.05, 3.63) is 27.8 Å². The Morgan fingerprint density at radius 3 is 2.57 bits per heavy atom. The molecular formula is C8H11IN2O2S. The molecule has 0 aromatic heterocycles. The summed E-state index contributed by atoms with van der Waals surface area (Å²) >= 11 is 2.07. The van der Waals surface area contributed by atoms with Crippen molar-refractivity contribution in [3.8, 4) is 0 Å². The Bertz CT molecular complexity index is 406. The molecular weight excluding hydrogens is 315 g/mol. The Labute approximate surface area is 97.4 Å². The average molecular weight is 326 g/mol. The van der Waals surface area contributed by atoms with E-state index in [9.17, 15) is 8.42 Å². The van der Waals surface area contributed by atoms with Gasteiger partial charge in [-0.25, -0.2) is 0 Å². The summed E-state index contributed by atoms with van der Waals surface area (Å²) in [5.41, 5.74) is 0.592. The third kappa shape index (κ3) is 3.43. The molecule has 0 unspecified atom stereocenters. The van der Waals surface area contributed by atoms with Crippen molar-refractivity contribution >= 4 is 38.5 Å². The van der Waals surface area contributed by atoms with Crippen LogP contribution in [0.5, 0.6) is 0 Å². The van der Waals surface area contributed by atoms with Gasteiger partial charge in [0.05, 0.1) is 5.69 Å². The van der Waals surface area contributed by atoms with Gasteiger partial charge in [0.25, 0.3) is 10.2 Å². The fourth-order valence-electron chi connectivity index (χ4n) is 0.915. The van der Waals surface area contributed by atoms with Crippen molar-refractivity contribution in [3.63, 3.8) is 0 Å². The topological polar surface area (TPSA) is 58.2 Å². The predicted molar refractivity (Wildman–Crippen MR) is 65.4 cm³/mol. The smallest absolute Gasteiger partial charge is 0.270 e. The van der Waals surface area contributed by atoms with Gasteiger partial charge in [-0.05, 0) is 34.7 Å². The van der Waals surface area contributed by atoms with Gasteiger partial charge in [0.2, 0.25) is 0 Å². The number of halogens is 1. The summed E-state index contributed by atoms with van der Waals surface area (Å²) in [6.45, 7) is 2.11. The molecule has 0 aliphatic rings. The first kappa shape index (κ1) is 11.7. The van der Waals surface area contributed by atoms with Gasteiger partial charge in [-0.2, -0.15) is 13.1 Å². The maximum atomic E-state index is 11.3. The molecule has 0 heterocycles. The van der Waals surface area contributed by atoms with Gasteiger partial charge >= 0.3 is 0 Å². The summed E-state index contributed by atoms with van der Waals surface area (Å²) in [5, 5.41) is 0. The van der Waals surface area contributed by atoms with E-state index in [0.29, 0.717) is 12.2 Å². The molecule has 0 fully saturated rings. The molecule has 14 heavy (non-hydrogen) atoms. The van der Waals surface area contributed by atoms with Gasteiger partial charge in [-0.15, -0.1) is 0 Å². The minimum Gasteiger partial charge on any atom is -0.270 e. The zero-order valence-corrected chi connectivity index (χ0v) is 10.6. The van der Waals surface area contributed by atoms with Gasteiger partial charge in [0.15, 0.2) is 0 Å². The first-order chi connectivity index (χ1) is 6.55. The van der Waals surface area contributed by atoms with Gasteiger partial charge in [-0.3, -0.25) is 4.72 Å². The molecule has 4 nitrogen and oxygen atoms in total. The highest BCUT2D eigenvalue weighted by molar-refractivity contribution is 14.1. The molecule has 0 amide bonds. The maximum Gasteiger partial charge on any atom is 0.299 e. The molecule has 2 N–H and O–H groups in total. The average Bonchev–Trinajstić information content (AvgIpc) is 2.08. The highest BCUT2D eigenvalue weighted by Gasteiger charge is 2.08. The van der Waals surface area contributed by atoms with E-state index in [1.807, 2.05) is 12.1 Å². The molecule has 0 aliphatic carbocycles. The monoisotopic (exact) mass is 326 g/mol. The lowest BCUT2D eigenvalue weighted by Gasteiger charge is -2.08. The molecule has 0 radical (unpaired) electrons. The molecule has 0 saturated heterocycles. The predicted octanol–water partition coefficient (Wildman–Crippen LogP) is 1.56. The van der Waals surface area contributed by atoms with Crippen molar-refractivity contribution < 1.29 is 8.42 Å². The number of hydrogen-bond acceptors (Lipinski definition) is 2. The SMILES string of the molecule is CCNS(=O)(=O)Nc1ccccc1I. The molecule has 1 rings (SSSR count). The van der Waals surface area contributed by atoms with Crippen LogP contribution in [-0.4, -0.2) is 15.0 Å². The Balaban J connectivity index is 2.84. The number of rotatable bonds is 4. The molecule has 0 spiro atoms. The summed E-state index contributed by atoms with van der Waals surface area (Å²) in [6, 6.07) is 7.19. The second kappa shape index (κ2) is 4.94. The Morgan fingerprint density at radius 1 is 1.36 bits per heavy atom. The van der Waals surface area contributed by atoms with Gasteiger partial charge in [0, 0.05) is 10.1 Å². The van der Waals surface area contributed by atoms with Crippen molar-refractivity contribution in [2.24, 2.45) is 0 Å². The minimum absolute atomic E-state index is 0.374. The zero-order chi connectivity index (χ0) is 10.6. The first-order valence-corrected chi connectivity index (χ1v) is 6.63. The Hall–Kier alpha value is -0.340. The number of nitrogens with one attached hydrogen (secondary N) is 2. The number of hydrogen-bond donors (Lipinski definition) is 2. The van der Waals surface area contributed by atoms with E-state index in [1.165, 1.54) is 0 Å². The highest BCUT2D eigenvalue weighted by atomic mass is 127. The van der Waals surface area contributed by atoms with Crippen LogP contribution in [0.4, 0.5) is 5.69 Å². The fraction of sp³-hybridized carbons (Fsp3) is 0.250. The van der Waals surface area contributed by atoms with E-state index in [0.717, 1.165) is 3.57 Å². The van der Waals surface area contributed by atoms with Crippen LogP contribution in [0.25, 0.3) is 0 Å². The van der Waals surface area contributed by atoms with Crippen LogP contribution < -0.4 is 9.44 Å². The van der Waals surface area contributed by atoms with E-state index in [-0.39, 0.29) is 0 Å². The standard InChI is InChI=1S/C8H11IN2O2S/c1-2-10-14(12,13)11-8-6-4-3-5-7(8)9/h3-6,10-11H,2H2,1H3. The third-order valence-corrected chi connectivity index (χ3v) is 3.55. The van der Waals surface area contributed by atoms with E-state index >= 15 is 0 Å². The molecule has 1 aromatic rings. The summed E-state index contributed by atoms with van der Waals surface area (Å²) in [6.07, 6.45) is 0. The number of benzene rings is 1. The molecule has 78 valence electrons. The lowest BCUT2D eigenvalue weighted by molar-refractivity contribution is 0.589. The quantitative estimate of drug-likeness (QED) is 0.825. The van der Waals surface area contributed by atoms with Crippen molar-refractivity contribution in [2.75, 3.05) is 11.3 Å². The lowest BCUT2D eigenvalue weighted by atomic mass is 10.3. The van der Waals surface area contributed by atoms with Crippen LogP contribution in [0.3, 0.4) is 0 Å². The van der Waals surface area contributed by atoms with Crippen molar-refractivity contribution in [1.82, 2.24) is 4.72 Å². The maximum absolute atomic E-state index is 11.3. The van der Waals surface area contributed by atoms with Gasteiger partial charge in [0.1, 0.15) is 0 Å². The Morgan fingerprint density at radius 2 is 2.00 bits per heavy atom. The third-order valence-electron chi connectivity index (χ3n) is 1.45. The number of anilines is 1. The first-order valence-electron chi connectivity index (χ1n) is 4.07. The molecule has 0 aliphatic heterocycles. The van der Waals surface area contributed by atoms with Gasteiger partial charge < -0.3 is 0 Å². The van der Waals surface area contributed by atoms with E-state index in [1.54, 1.807) is 19.1 Å². The van der Waals surface area contributed by atoms with Gasteiger partial charge in [-0.1, -0.05) is 19.1 Å². The zero-order valence-electron chi connectivity index (χ0n) is 7.62. The molecule has 0 bridgehead atoms. The van der Waals surface area contributed by atoms with Crippen molar-refractivity contribution in [1.29, 1.82) is 0 Å². The number of para-hydroxylation sites is 1. The van der Waals surface area contributed by atoms with Crippen LogP contribution in [0, 0.1) is 3.57 Å². The van der Waals surface area contributed by atoms with Crippen molar-refractivity contribution in [2.45, 2.75) is 6.92 Å². The highest BCUT2D eigenvalue weighted by Crippen LogP contribution is 2.17. The summed E-state index contributed by atoms with van der Waals surface area (Å²) in [5.74, 6) is 0. The molecule has 0 saturated carbocycles. The van der Waals surface area contributed by atoms with Crippen LogP contribution in [0.15, 0.2) is 24.3 Å². The largest absolute Gasteiger partial charge is 0.299 e. The minimum atomic E-state index is -3.41. The molecule has 6 heteroatoms. The lowest BCUT2D eigenvalue weighted by Crippen LogP contribution is -2.30. The molecule has 0 atom stereocenters. The second-order valence-corrected chi connectivity index (χ2v) is 5.25. The van der Waals surface area contributed by atoms with Crippen LogP contribution in [-0.2, 0) is 10.2 Å². The van der Waals surface area contributed by atoms with E-state index in [2.05, 4.69) is 32.0 Å². The molecule has 1 aromatic carbocycles. The normalized spacial score (nSPS) is 11.3. The summed E-state index contributed by atoms with van der Waals surface area (Å²) < 4.78 is 28.3. The summed E-state index contributed by atoms with van der Waals surface area (Å²) in [4.78, 5) is 0. The van der Waals surface area contributed by atoms with Crippen LogP contribution >= 0.6 is 22.6 Å². The second-order valence-electron chi connectivity index (χ2n) is 2.58.